The zero-order valence-corrected chi connectivity index (χ0v) is 9.60. The van der Waals surface area contributed by atoms with Crippen molar-refractivity contribution in [2.24, 2.45) is 11.3 Å². The molecule has 1 aromatic rings. The molecule has 0 aromatic carbocycles. The van der Waals surface area contributed by atoms with Gasteiger partial charge in [0.05, 0.1) is 6.20 Å². The molecule has 0 bridgehead atoms. The molecule has 3 nitrogen and oxygen atoms in total. The second-order valence-corrected chi connectivity index (χ2v) is 5.16. The van der Waals surface area contributed by atoms with Crippen molar-refractivity contribution in [3.8, 4) is 0 Å². The molecule has 2 saturated carbocycles. The summed E-state index contributed by atoms with van der Waals surface area (Å²) in [5.41, 5.74) is 0.421. The predicted molar refractivity (Wildman–Crippen MR) is 59.9 cm³/mol. The van der Waals surface area contributed by atoms with E-state index >= 15 is 0 Å². The first-order chi connectivity index (χ1) is 7.70. The van der Waals surface area contributed by atoms with E-state index in [9.17, 15) is 4.39 Å². The van der Waals surface area contributed by atoms with Gasteiger partial charge >= 0.3 is 0 Å². The fourth-order valence-corrected chi connectivity index (χ4v) is 2.45. The Kier molecular flexibility index (Phi) is 2.28. The molecule has 0 radical (unpaired) electrons. The normalized spacial score (nSPS) is 21.9. The Hall–Kier alpha value is -0.900. The van der Waals surface area contributed by atoms with Crippen LogP contribution < -0.4 is 5.32 Å². The summed E-state index contributed by atoms with van der Waals surface area (Å²) in [7, 11) is 0. The number of nitrogens with one attached hydrogen (secondary N) is 1. The van der Waals surface area contributed by atoms with Gasteiger partial charge in [0.15, 0.2) is 11.6 Å². The summed E-state index contributed by atoms with van der Waals surface area (Å²) in [5.74, 6) is 0.642. The minimum atomic E-state index is -0.434. The van der Waals surface area contributed by atoms with Crippen LogP contribution >= 0.6 is 11.6 Å². The van der Waals surface area contributed by atoms with Crippen LogP contribution in [0.2, 0.25) is 5.28 Å². The maximum atomic E-state index is 13.3. The minimum Gasteiger partial charge on any atom is -0.367 e. The number of hydrogen-bond donors (Lipinski definition) is 1. The number of halogens is 2. The standard InChI is InChI=1S/C11H13ClFN3/c12-10-14-5-8(13)9(16-10)15-6-11(3-4-11)7-1-2-7/h5,7H,1-4,6H2,(H,14,15,16). The third kappa shape index (κ3) is 1.86. The van der Waals surface area contributed by atoms with Crippen LogP contribution in [0.1, 0.15) is 25.7 Å². The molecule has 0 amide bonds. The van der Waals surface area contributed by atoms with Crippen LogP contribution in [0.15, 0.2) is 6.20 Å². The summed E-state index contributed by atoms with van der Waals surface area (Å²) in [6.07, 6.45) is 6.27. The van der Waals surface area contributed by atoms with Crippen molar-refractivity contribution < 1.29 is 4.39 Å². The van der Waals surface area contributed by atoms with Gasteiger partial charge in [-0.05, 0) is 48.6 Å². The van der Waals surface area contributed by atoms with E-state index < -0.39 is 5.82 Å². The molecule has 2 aliphatic carbocycles. The Labute approximate surface area is 98.4 Å². The lowest BCUT2D eigenvalue weighted by Crippen LogP contribution is -2.18. The number of aromatic nitrogens is 2. The summed E-state index contributed by atoms with van der Waals surface area (Å²) in [6, 6.07) is 0. The van der Waals surface area contributed by atoms with Crippen molar-refractivity contribution in [2.45, 2.75) is 25.7 Å². The van der Waals surface area contributed by atoms with Crippen molar-refractivity contribution in [2.75, 3.05) is 11.9 Å². The van der Waals surface area contributed by atoms with Gasteiger partial charge in [0, 0.05) is 6.54 Å². The maximum absolute atomic E-state index is 13.3. The molecular formula is C11H13ClFN3. The molecule has 1 N–H and O–H groups in total. The van der Waals surface area contributed by atoms with Gasteiger partial charge in [0.25, 0.3) is 0 Å². The highest BCUT2D eigenvalue weighted by Crippen LogP contribution is 2.61. The summed E-state index contributed by atoms with van der Waals surface area (Å²) in [5, 5.41) is 3.15. The average Bonchev–Trinajstić information content (AvgIpc) is 3.13. The largest absolute Gasteiger partial charge is 0.367 e. The lowest BCUT2D eigenvalue weighted by atomic mass is 10.0. The van der Waals surface area contributed by atoms with Crippen molar-refractivity contribution >= 4 is 17.4 Å². The Morgan fingerprint density at radius 3 is 2.88 bits per heavy atom. The monoisotopic (exact) mass is 241 g/mol. The Morgan fingerprint density at radius 2 is 2.25 bits per heavy atom. The minimum absolute atomic E-state index is 0.0835. The first-order valence-electron chi connectivity index (χ1n) is 5.62. The second kappa shape index (κ2) is 3.55. The maximum Gasteiger partial charge on any atom is 0.224 e. The van der Waals surface area contributed by atoms with Crippen LogP contribution in [0.4, 0.5) is 10.2 Å². The molecule has 0 spiro atoms. The highest BCUT2D eigenvalue weighted by molar-refractivity contribution is 6.28. The zero-order valence-electron chi connectivity index (χ0n) is 8.84. The molecule has 0 aliphatic heterocycles. The smallest absolute Gasteiger partial charge is 0.224 e. The molecule has 2 fully saturated rings. The molecule has 2 aliphatic rings. The molecule has 1 heterocycles. The van der Waals surface area contributed by atoms with Gasteiger partial charge in [-0.1, -0.05) is 0 Å². The third-order valence-corrected chi connectivity index (χ3v) is 3.84. The molecule has 16 heavy (non-hydrogen) atoms. The van der Waals surface area contributed by atoms with Gasteiger partial charge in [0.2, 0.25) is 5.28 Å². The molecule has 3 rings (SSSR count). The van der Waals surface area contributed by atoms with Crippen LogP contribution in [-0.4, -0.2) is 16.5 Å². The molecule has 0 atom stereocenters. The topological polar surface area (TPSA) is 37.8 Å². The summed E-state index contributed by atoms with van der Waals surface area (Å²) in [6.45, 7) is 0.807. The average molecular weight is 242 g/mol. The first kappa shape index (κ1) is 10.3. The van der Waals surface area contributed by atoms with Gasteiger partial charge in [-0.3, -0.25) is 0 Å². The van der Waals surface area contributed by atoms with E-state index in [1.807, 2.05) is 0 Å². The highest BCUT2D eigenvalue weighted by atomic mass is 35.5. The third-order valence-electron chi connectivity index (χ3n) is 3.66. The van der Waals surface area contributed by atoms with Crippen molar-refractivity contribution in [1.29, 1.82) is 0 Å². The fourth-order valence-electron chi connectivity index (χ4n) is 2.31. The lowest BCUT2D eigenvalue weighted by molar-refractivity contribution is 0.464. The van der Waals surface area contributed by atoms with Crippen LogP contribution in [0, 0.1) is 17.2 Å². The Balaban J connectivity index is 1.67. The Morgan fingerprint density at radius 1 is 1.50 bits per heavy atom. The molecule has 0 saturated heterocycles. The van der Waals surface area contributed by atoms with Gasteiger partial charge in [0.1, 0.15) is 0 Å². The molecule has 0 unspecified atom stereocenters. The van der Waals surface area contributed by atoms with Crippen molar-refractivity contribution in [3.63, 3.8) is 0 Å². The van der Waals surface area contributed by atoms with E-state index in [1.54, 1.807) is 0 Å². The number of anilines is 1. The molecule has 86 valence electrons. The first-order valence-corrected chi connectivity index (χ1v) is 5.99. The molecular weight excluding hydrogens is 229 g/mol. The molecule has 1 aromatic heterocycles. The number of nitrogens with zero attached hydrogens (tertiary/aromatic N) is 2. The predicted octanol–water partition coefficient (Wildman–Crippen LogP) is 2.87. The van der Waals surface area contributed by atoms with E-state index in [0.29, 0.717) is 5.41 Å². The quantitative estimate of drug-likeness (QED) is 0.824. The van der Waals surface area contributed by atoms with E-state index in [1.165, 1.54) is 25.7 Å². The lowest BCUT2D eigenvalue weighted by Gasteiger charge is -2.15. The zero-order chi connectivity index (χ0) is 11.2. The summed E-state index contributed by atoms with van der Waals surface area (Å²) in [4.78, 5) is 7.44. The van der Waals surface area contributed by atoms with E-state index in [0.717, 1.165) is 18.7 Å². The van der Waals surface area contributed by atoms with Crippen LogP contribution in [-0.2, 0) is 0 Å². The van der Waals surface area contributed by atoms with Gasteiger partial charge in [-0.2, -0.15) is 4.98 Å². The second-order valence-electron chi connectivity index (χ2n) is 4.83. The SMILES string of the molecule is Fc1cnc(Cl)nc1NCC1(C2CC2)CC1. The fraction of sp³-hybridized carbons (Fsp3) is 0.636. The van der Waals surface area contributed by atoms with Gasteiger partial charge < -0.3 is 5.32 Å². The molecule has 5 heteroatoms. The Bertz CT molecular complexity index is 416. The summed E-state index contributed by atoms with van der Waals surface area (Å²) >= 11 is 5.63. The number of hydrogen-bond acceptors (Lipinski definition) is 3. The van der Waals surface area contributed by atoms with Gasteiger partial charge in [-0.25, -0.2) is 9.37 Å². The van der Waals surface area contributed by atoms with Gasteiger partial charge in [-0.15, -0.1) is 0 Å². The van der Waals surface area contributed by atoms with Crippen LogP contribution in [0.25, 0.3) is 0 Å². The van der Waals surface area contributed by atoms with E-state index in [-0.39, 0.29) is 11.1 Å². The van der Waals surface area contributed by atoms with Crippen LogP contribution in [0.5, 0.6) is 0 Å². The van der Waals surface area contributed by atoms with Crippen LogP contribution in [0.3, 0.4) is 0 Å². The van der Waals surface area contributed by atoms with Crippen molar-refractivity contribution in [3.05, 3.63) is 17.3 Å². The van der Waals surface area contributed by atoms with Crippen molar-refractivity contribution in [1.82, 2.24) is 9.97 Å². The van der Waals surface area contributed by atoms with E-state index in [2.05, 4.69) is 15.3 Å². The highest BCUT2D eigenvalue weighted by Gasteiger charge is 2.53. The van der Waals surface area contributed by atoms with E-state index in [4.69, 9.17) is 11.6 Å². The number of rotatable bonds is 4. The summed E-state index contributed by atoms with van der Waals surface area (Å²) < 4.78 is 13.3.